The molecule has 1 aromatic carbocycles. The van der Waals surface area contributed by atoms with Crippen molar-refractivity contribution >= 4 is 17.6 Å². The van der Waals surface area contributed by atoms with E-state index in [9.17, 15) is 4.79 Å². The largest absolute Gasteiger partial charge is 0.463 e. The topological polar surface area (TPSA) is 81.9 Å². The molecule has 1 aliphatic heterocycles. The summed E-state index contributed by atoms with van der Waals surface area (Å²) in [5, 5.41) is 7.52. The number of hydrogen-bond acceptors (Lipinski definition) is 6. The Bertz CT molecular complexity index is 950. The lowest BCUT2D eigenvalue weighted by atomic mass is 9.95. The number of pyridine rings is 1. The molecule has 0 radical (unpaired) electrons. The minimum Gasteiger partial charge on any atom is -0.463 e. The number of ether oxygens (including phenoxy) is 1. The van der Waals surface area contributed by atoms with Crippen LogP contribution < -0.4 is 5.32 Å². The highest BCUT2D eigenvalue weighted by atomic mass is 16.5. The number of carbonyl (C=O) groups is 1. The number of fused-ring (bicyclic) bond motifs is 1. The van der Waals surface area contributed by atoms with Gasteiger partial charge in [0.05, 0.1) is 23.6 Å². The van der Waals surface area contributed by atoms with Gasteiger partial charge in [-0.2, -0.15) is 10.1 Å². The molecular formula is C19H17N5O2. The number of nitrogens with one attached hydrogen (secondary N) is 1. The third-order valence-electron chi connectivity index (χ3n) is 4.12. The SMILES string of the molecule is CCOC(=O)C1=C(c2ccccc2)Nc2ncnn2[C@H]1c1ccccn1. The molecule has 0 saturated carbocycles. The van der Waals surface area contributed by atoms with Gasteiger partial charge in [0.2, 0.25) is 5.95 Å². The quantitative estimate of drug-likeness (QED) is 0.731. The van der Waals surface area contributed by atoms with Crippen LogP contribution in [0, 0.1) is 0 Å². The molecule has 0 saturated heterocycles. The normalized spacial score (nSPS) is 16.0. The van der Waals surface area contributed by atoms with E-state index in [1.54, 1.807) is 17.8 Å². The molecule has 1 atom stereocenters. The van der Waals surface area contributed by atoms with E-state index in [0.717, 1.165) is 5.56 Å². The van der Waals surface area contributed by atoms with Crippen LogP contribution in [0.15, 0.2) is 66.6 Å². The van der Waals surface area contributed by atoms with Gasteiger partial charge in [0.25, 0.3) is 0 Å². The highest BCUT2D eigenvalue weighted by molar-refractivity contribution is 6.02. The monoisotopic (exact) mass is 347 g/mol. The van der Waals surface area contributed by atoms with Crippen LogP contribution in [0.4, 0.5) is 5.95 Å². The second kappa shape index (κ2) is 6.79. The molecule has 0 aliphatic carbocycles. The van der Waals surface area contributed by atoms with Crippen molar-refractivity contribution in [2.24, 2.45) is 0 Å². The maximum absolute atomic E-state index is 12.9. The first kappa shape index (κ1) is 16.0. The summed E-state index contributed by atoms with van der Waals surface area (Å²) in [6.45, 7) is 2.07. The van der Waals surface area contributed by atoms with Gasteiger partial charge in [0, 0.05) is 6.20 Å². The average Bonchev–Trinajstić information content (AvgIpc) is 3.16. The van der Waals surface area contributed by atoms with Gasteiger partial charge >= 0.3 is 5.97 Å². The van der Waals surface area contributed by atoms with E-state index in [0.29, 0.717) is 22.9 Å². The second-order valence-corrected chi connectivity index (χ2v) is 5.69. The summed E-state index contributed by atoms with van der Waals surface area (Å²) in [5.74, 6) is 0.142. The predicted octanol–water partition coefficient (Wildman–Crippen LogP) is 2.66. The van der Waals surface area contributed by atoms with Crippen LogP contribution in [-0.2, 0) is 9.53 Å². The smallest absolute Gasteiger partial charge is 0.338 e. The number of rotatable bonds is 4. The summed E-state index contributed by atoms with van der Waals surface area (Å²) in [7, 11) is 0. The first-order chi connectivity index (χ1) is 12.8. The highest BCUT2D eigenvalue weighted by Gasteiger charge is 2.36. The Kier molecular flexibility index (Phi) is 4.18. The minimum absolute atomic E-state index is 0.281. The molecule has 0 fully saturated rings. The Morgan fingerprint density at radius 3 is 2.69 bits per heavy atom. The molecule has 0 amide bonds. The molecule has 1 N–H and O–H groups in total. The molecule has 0 unspecified atom stereocenters. The van der Waals surface area contributed by atoms with E-state index >= 15 is 0 Å². The summed E-state index contributed by atoms with van der Waals surface area (Å²) < 4.78 is 7.00. The van der Waals surface area contributed by atoms with E-state index in [1.165, 1.54) is 6.33 Å². The summed E-state index contributed by atoms with van der Waals surface area (Å²) in [5.41, 5.74) is 2.66. The van der Waals surface area contributed by atoms with Gasteiger partial charge in [-0.05, 0) is 24.6 Å². The number of esters is 1. The number of hydrogen-bond donors (Lipinski definition) is 1. The zero-order valence-corrected chi connectivity index (χ0v) is 14.2. The van der Waals surface area contributed by atoms with Crippen molar-refractivity contribution in [3.63, 3.8) is 0 Å². The Labute approximate surface area is 150 Å². The van der Waals surface area contributed by atoms with Crippen molar-refractivity contribution in [1.82, 2.24) is 19.7 Å². The standard InChI is InChI=1S/C19H17N5O2/c1-2-26-18(25)15-16(13-8-4-3-5-9-13)23-19-21-12-22-24(19)17(15)14-10-6-7-11-20-14/h3-12,17H,2H2,1H3,(H,21,22,23)/t17-/m0/s1. The summed E-state index contributed by atoms with van der Waals surface area (Å²) >= 11 is 0. The fraction of sp³-hybridized carbons (Fsp3) is 0.158. The maximum atomic E-state index is 12.9. The number of nitrogens with zero attached hydrogens (tertiary/aromatic N) is 4. The summed E-state index contributed by atoms with van der Waals surface area (Å²) in [6.07, 6.45) is 3.15. The minimum atomic E-state index is -0.524. The van der Waals surface area contributed by atoms with Crippen molar-refractivity contribution in [1.29, 1.82) is 0 Å². The summed E-state index contributed by atoms with van der Waals surface area (Å²) in [6, 6.07) is 14.7. The van der Waals surface area contributed by atoms with Crippen molar-refractivity contribution in [2.45, 2.75) is 13.0 Å². The Morgan fingerprint density at radius 1 is 1.15 bits per heavy atom. The Balaban J connectivity index is 1.96. The Morgan fingerprint density at radius 2 is 1.96 bits per heavy atom. The average molecular weight is 347 g/mol. The van der Waals surface area contributed by atoms with Crippen molar-refractivity contribution in [3.8, 4) is 0 Å². The molecular weight excluding hydrogens is 330 g/mol. The molecule has 7 heteroatoms. The lowest BCUT2D eigenvalue weighted by Crippen LogP contribution is -2.30. The van der Waals surface area contributed by atoms with Crippen LogP contribution in [0.2, 0.25) is 0 Å². The lowest BCUT2D eigenvalue weighted by Gasteiger charge is -2.28. The molecule has 4 rings (SSSR count). The third-order valence-corrected chi connectivity index (χ3v) is 4.12. The predicted molar refractivity (Wildman–Crippen MR) is 96.0 cm³/mol. The number of aromatic nitrogens is 4. The van der Waals surface area contributed by atoms with Gasteiger partial charge in [-0.1, -0.05) is 36.4 Å². The van der Waals surface area contributed by atoms with Gasteiger partial charge < -0.3 is 10.1 Å². The first-order valence-corrected chi connectivity index (χ1v) is 8.33. The van der Waals surface area contributed by atoms with Gasteiger partial charge in [-0.15, -0.1) is 0 Å². The first-order valence-electron chi connectivity index (χ1n) is 8.33. The van der Waals surface area contributed by atoms with Gasteiger partial charge in [0.1, 0.15) is 12.4 Å². The van der Waals surface area contributed by atoms with Crippen molar-refractivity contribution < 1.29 is 9.53 Å². The van der Waals surface area contributed by atoms with E-state index in [2.05, 4.69) is 20.4 Å². The van der Waals surface area contributed by atoms with Crippen molar-refractivity contribution in [3.05, 3.63) is 77.9 Å². The molecule has 26 heavy (non-hydrogen) atoms. The summed E-state index contributed by atoms with van der Waals surface area (Å²) in [4.78, 5) is 21.6. The third kappa shape index (κ3) is 2.73. The molecule has 3 aromatic rings. The van der Waals surface area contributed by atoms with Gasteiger partial charge in [-0.3, -0.25) is 4.98 Å². The zero-order valence-electron chi connectivity index (χ0n) is 14.2. The Hall–Kier alpha value is -3.48. The van der Waals surface area contributed by atoms with E-state index in [4.69, 9.17) is 4.74 Å². The van der Waals surface area contributed by atoms with Crippen molar-refractivity contribution in [2.75, 3.05) is 11.9 Å². The van der Waals surface area contributed by atoms with E-state index in [-0.39, 0.29) is 6.61 Å². The fourth-order valence-corrected chi connectivity index (χ4v) is 3.03. The molecule has 2 aromatic heterocycles. The van der Waals surface area contributed by atoms with Crippen LogP contribution in [0.3, 0.4) is 0 Å². The van der Waals surface area contributed by atoms with Crippen LogP contribution in [0.25, 0.3) is 5.70 Å². The van der Waals surface area contributed by atoms with Crippen LogP contribution in [0.1, 0.15) is 24.2 Å². The molecule has 3 heterocycles. The molecule has 1 aliphatic rings. The highest BCUT2D eigenvalue weighted by Crippen LogP contribution is 2.37. The van der Waals surface area contributed by atoms with E-state index in [1.807, 2.05) is 48.5 Å². The molecule has 7 nitrogen and oxygen atoms in total. The van der Waals surface area contributed by atoms with Gasteiger partial charge in [0.15, 0.2) is 0 Å². The molecule has 0 bridgehead atoms. The van der Waals surface area contributed by atoms with Crippen LogP contribution >= 0.6 is 0 Å². The molecule has 130 valence electrons. The van der Waals surface area contributed by atoms with E-state index < -0.39 is 12.0 Å². The second-order valence-electron chi connectivity index (χ2n) is 5.69. The van der Waals surface area contributed by atoms with Crippen LogP contribution in [-0.4, -0.2) is 32.3 Å². The number of carbonyl (C=O) groups excluding carboxylic acids is 1. The zero-order chi connectivity index (χ0) is 17.9. The van der Waals surface area contributed by atoms with Crippen LogP contribution in [0.5, 0.6) is 0 Å². The molecule has 0 spiro atoms. The lowest BCUT2D eigenvalue weighted by molar-refractivity contribution is -0.138. The number of anilines is 1. The number of benzene rings is 1. The maximum Gasteiger partial charge on any atom is 0.338 e. The fourth-order valence-electron chi connectivity index (χ4n) is 3.03. The van der Waals surface area contributed by atoms with Gasteiger partial charge in [-0.25, -0.2) is 9.48 Å².